The summed E-state index contributed by atoms with van der Waals surface area (Å²) in [7, 11) is 2.13. The molecule has 3 rings (SSSR count). The number of anilines is 2. The van der Waals surface area contributed by atoms with Gasteiger partial charge in [0.2, 0.25) is 11.8 Å². The molecule has 2 aromatic carbocycles. The number of benzene rings is 2. The molecular weight excluding hydrogens is 364 g/mol. The molecule has 29 heavy (non-hydrogen) atoms. The number of likely N-dealkylation sites (N-methyl/N-ethyl adjacent to an activating group) is 1. The Morgan fingerprint density at radius 2 is 1.62 bits per heavy atom. The lowest BCUT2D eigenvalue weighted by atomic mass is 10.1. The maximum atomic E-state index is 12.5. The van der Waals surface area contributed by atoms with E-state index in [2.05, 4.69) is 22.2 Å². The number of carbonyl (C=O) groups excluding carboxylic acids is 2. The van der Waals surface area contributed by atoms with Crippen LogP contribution in [0.25, 0.3) is 0 Å². The molecule has 1 fully saturated rings. The summed E-state index contributed by atoms with van der Waals surface area (Å²) >= 11 is 0. The average Bonchev–Trinajstić information content (AvgIpc) is 2.73. The minimum atomic E-state index is -0.181. The third kappa shape index (κ3) is 5.57. The van der Waals surface area contributed by atoms with Gasteiger partial charge in [-0.15, -0.1) is 0 Å². The van der Waals surface area contributed by atoms with Crippen molar-refractivity contribution in [1.82, 2.24) is 10.2 Å². The predicted molar refractivity (Wildman–Crippen MR) is 117 cm³/mol. The van der Waals surface area contributed by atoms with Gasteiger partial charge in [0.25, 0.3) is 0 Å². The summed E-state index contributed by atoms with van der Waals surface area (Å²) in [6.07, 6.45) is 0. The smallest absolute Gasteiger partial charge is 0.240 e. The van der Waals surface area contributed by atoms with Crippen LogP contribution in [0.15, 0.2) is 54.6 Å². The van der Waals surface area contributed by atoms with Gasteiger partial charge in [-0.05, 0) is 43.8 Å². The fourth-order valence-electron chi connectivity index (χ4n) is 3.55. The lowest BCUT2D eigenvalue weighted by molar-refractivity contribution is -0.123. The number of hydrogen-bond donors (Lipinski definition) is 1. The van der Waals surface area contributed by atoms with Gasteiger partial charge in [0.1, 0.15) is 6.54 Å². The first-order valence-corrected chi connectivity index (χ1v) is 10.1. The molecule has 0 aliphatic carbocycles. The fourth-order valence-corrected chi connectivity index (χ4v) is 3.55. The Morgan fingerprint density at radius 1 is 1.00 bits per heavy atom. The topological polar surface area (TPSA) is 55.9 Å². The highest BCUT2D eigenvalue weighted by atomic mass is 16.2. The second-order valence-electron chi connectivity index (χ2n) is 7.61. The van der Waals surface area contributed by atoms with Gasteiger partial charge in [0, 0.05) is 44.5 Å². The number of piperazine rings is 1. The summed E-state index contributed by atoms with van der Waals surface area (Å²) in [6.45, 7) is 7.50. The summed E-state index contributed by atoms with van der Waals surface area (Å²) < 4.78 is 0. The number of rotatable bonds is 6. The Hall–Kier alpha value is -2.86. The zero-order chi connectivity index (χ0) is 20.8. The van der Waals surface area contributed by atoms with Crippen LogP contribution < -0.4 is 15.1 Å². The summed E-state index contributed by atoms with van der Waals surface area (Å²) in [5.41, 5.74) is 2.91. The van der Waals surface area contributed by atoms with E-state index in [0.717, 1.165) is 43.1 Å². The molecule has 1 aliphatic heterocycles. The van der Waals surface area contributed by atoms with Crippen LogP contribution in [0.1, 0.15) is 25.5 Å². The number of amides is 2. The first-order chi connectivity index (χ1) is 13.9. The molecule has 2 amide bonds. The minimum Gasteiger partial charge on any atom is -0.369 e. The zero-order valence-corrected chi connectivity index (χ0v) is 17.5. The molecule has 0 bridgehead atoms. The Kier molecular flexibility index (Phi) is 6.88. The van der Waals surface area contributed by atoms with E-state index in [1.54, 1.807) is 0 Å². The van der Waals surface area contributed by atoms with Crippen molar-refractivity contribution in [2.75, 3.05) is 49.6 Å². The van der Waals surface area contributed by atoms with Crippen molar-refractivity contribution in [3.63, 3.8) is 0 Å². The van der Waals surface area contributed by atoms with E-state index < -0.39 is 0 Å². The largest absolute Gasteiger partial charge is 0.369 e. The van der Waals surface area contributed by atoms with Crippen LogP contribution in [0.4, 0.5) is 11.4 Å². The van der Waals surface area contributed by atoms with Crippen LogP contribution in [0.3, 0.4) is 0 Å². The molecule has 2 aromatic rings. The van der Waals surface area contributed by atoms with Crippen LogP contribution in [-0.2, 0) is 9.59 Å². The highest BCUT2D eigenvalue weighted by molar-refractivity contribution is 5.97. The van der Waals surface area contributed by atoms with E-state index in [1.807, 2.05) is 61.5 Å². The summed E-state index contributed by atoms with van der Waals surface area (Å²) in [6, 6.07) is 17.6. The highest BCUT2D eigenvalue weighted by Crippen LogP contribution is 2.22. The van der Waals surface area contributed by atoms with E-state index in [1.165, 1.54) is 11.8 Å². The Balaban J connectivity index is 1.63. The minimum absolute atomic E-state index is 0.000360. The van der Waals surface area contributed by atoms with Gasteiger partial charge in [0.15, 0.2) is 0 Å². The Bertz CT molecular complexity index is 815. The zero-order valence-electron chi connectivity index (χ0n) is 17.5. The van der Waals surface area contributed by atoms with E-state index in [4.69, 9.17) is 0 Å². The second-order valence-corrected chi connectivity index (χ2v) is 7.61. The van der Waals surface area contributed by atoms with Gasteiger partial charge < -0.3 is 20.0 Å². The number of carbonyl (C=O) groups is 2. The first-order valence-electron chi connectivity index (χ1n) is 10.1. The van der Waals surface area contributed by atoms with Gasteiger partial charge in [-0.2, -0.15) is 0 Å². The van der Waals surface area contributed by atoms with Gasteiger partial charge in [-0.1, -0.05) is 30.3 Å². The molecule has 0 saturated carbocycles. The molecule has 6 heteroatoms. The van der Waals surface area contributed by atoms with Gasteiger partial charge in [-0.25, -0.2) is 0 Å². The Labute approximate surface area is 173 Å². The maximum Gasteiger partial charge on any atom is 0.240 e. The summed E-state index contributed by atoms with van der Waals surface area (Å²) in [4.78, 5) is 30.9. The third-order valence-corrected chi connectivity index (χ3v) is 5.39. The Morgan fingerprint density at radius 3 is 2.21 bits per heavy atom. The quantitative estimate of drug-likeness (QED) is 0.819. The summed E-state index contributed by atoms with van der Waals surface area (Å²) in [5.74, 6) is -0.334. The number of nitrogens with zero attached hydrogens (tertiary/aromatic N) is 3. The number of hydrogen-bond acceptors (Lipinski definition) is 4. The van der Waals surface area contributed by atoms with Crippen molar-refractivity contribution in [3.8, 4) is 0 Å². The van der Waals surface area contributed by atoms with Crippen LogP contribution in [0.2, 0.25) is 0 Å². The first kappa shape index (κ1) is 20.9. The molecule has 1 atom stereocenters. The van der Waals surface area contributed by atoms with E-state index in [9.17, 15) is 9.59 Å². The van der Waals surface area contributed by atoms with Gasteiger partial charge in [-0.3, -0.25) is 9.59 Å². The normalized spacial score (nSPS) is 15.6. The van der Waals surface area contributed by atoms with Crippen LogP contribution >= 0.6 is 0 Å². The molecular formula is C23H30N4O2. The van der Waals surface area contributed by atoms with Crippen molar-refractivity contribution in [2.24, 2.45) is 0 Å². The fraction of sp³-hybridized carbons (Fsp3) is 0.391. The molecule has 6 nitrogen and oxygen atoms in total. The van der Waals surface area contributed by atoms with Crippen molar-refractivity contribution < 1.29 is 9.59 Å². The molecule has 1 N–H and O–H groups in total. The molecule has 1 unspecified atom stereocenters. The monoisotopic (exact) mass is 394 g/mol. The maximum absolute atomic E-state index is 12.5. The van der Waals surface area contributed by atoms with Crippen LogP contribution in [0.5, 0.6) is 0 Å². The van der Waals surface area contributed by atoms with E-state index >= 15 is 0 Å². The lowest BCUT2D eigenvalue weighted by Gasteiger charge is -2.34. The second kappa shape index (κ2) is 9.56. The van der Waals surface area contributed by atoms with E-state index in [0.29, 0.717) is 0 Å². The lowest BCUT2D eigenvalue weighted by Crippen LogP contribution is -2.44. The van der Waals surface area contributed by atoms with Gasteiger partial charge in [0.05, 0.1) is 6.04 Å². The molecule has 1 saturated heterocycles. The van der Waals surface area contributed by atoms with Crippen molar-refractivity contribution in [1.29, 1.82) is 0 Å². The molecule has 0 radical (unpaired) electrons. The highest BCUT2D eigenvalue weighted by Gasteiger charge is 2.19. The van der Waals surface area contributed by atoms with Crippen LogP contribution in [-0.4, -0.2) is 56.5 Å². The average molecular weight is 395 g/mol. The van der Waals surface area contributed by atoms with Crippen molar-refractivity contribution >= 4 is 23.2 Å². The molecule has 154 valence electrons. The van der Waals surface area contributed by atoms with Crippen LogP contribution in [0, 0.1) is 0 Å². The molecule has 0 spiro atoms. The standard InChI is InChI=1S/C23H30N4O2/c1-18(20-7-5-4-6-8-20)24-23(29)17-27(19(2)28)22-11-9-21(10-12-22)26-15-13-25(3)14-16-26/h4-12,18H,13-17H2,1-3H3,(H,24,29). The number of nitrogens with one attached hydrogen (secondary N) is 1. The molecule has 0 aromatic heterocycles. The van der Waals surface area contributed by atoms with E-state index in [-0.39, 0.29) is 24.4 Å². The third-order valence-electron chi connectivity index (χ3n) is 5.39. The SMILES string of the molecule is CC(=O)N(CC(=O)NC(C)c1ccccc1)c1ccc(N2CCN(C)CC2)cc1. The van der Waals surface area contributed by atoms with Gasteiger partial charge >= 0.3 is 0 Å². The molecule has 1 aliphatic rings. The summed E-state index contributed by atoms with van der Waals surface area (Å²) in [5, 5.41) is 2.97. The van der Waals surface area contributed by atoms with Crippen molar-refractivity contribution in [3.05, 3.63) is 60.2 Å². The predicted octanol–water partition coefficient (Wildman–Crippen LogP) is 2.67. The van der Waals surface area contributed by atoms with Crippen molar-refractivity contribution in [2.45, 2.75) is 19.9 Å². The molecule has 1 heterocycles.